The molecule has 1 N–H and O–H groups in total. The first-order valence-electron chi connectivity index (χ1n) is 9.20. The predicted molar refractivity (Wildman–Crippen MR) is 121 cm³/mol. The molecule has 0 atom stereocenters. The van der Waals surface area contributed by atoms with E-state index < -0.39 is 5.82 Å². The zero-order chi connectivity index (χ0) is 21.3. The highest BCUT2D eigenvalue weighted by Crippen LogP contribution is 2.27. The Morgan fingerprint density at radius 3 is 2.77 bits per heavy atom. The number of carbonyl (C=O) groups excluding carboxylic acids is 1. The number of nitrogens with one attached hydrogen (secondary N) is 1. The van der Waals surface area contributed by atoms with Gasteiger partial charge in [-0.05, 0) is 55.3 Å². The Labute approximate surface area is 185 Å². The molecule has 2 aromatic carbocycles. The molecule has 152 valence electrons. The summed E-state index contributed by atoms with van der Waals surface area (Å²) in [4.78, 5) is 16.7. The van der Waals surface area contributed by atoms with Crippen LogP contribution in [0, 0.1) is 19.7 Å². The number of halogens is 2. The molecule has 0 saturated heterocycles. The molecule has 0 aliphatic carbocycles. The van der Waals surface area contributed by atoms with Gasteiger partial charge in [0, 0.05) is 22.4 Å². The zero-order valence-electron chi connectivity index (χ0n) is 16.3. The van der Waals surface area contributed by atoms with Crippen molar-refractivity contribution in [3.63, 3.8) is 0 Å². The second-order valence-corrected chi connectivity index (χ2v) is 8.73. The molecule has 8 heteroatoms. The van der Waals surface area contributed by atoms with Gasteiger partial charge in [-0.2, -0.15) is 5.10 Å². The molecule has 1 amide bonds. The maximum absolute atomic E-state index is 13.9. The van der Waals surface area contributed by atoms with Gasteiger partial charge < -0.3 is 5.32 Å². The minimum Gasteiger partial charge on any atom is -0.323 e. The van der Waals surface area contributed by atoms with Crippen LogP contribution in [-0.4, -0.2) is 26.3 Å². The Bertz CT molecular complexity index is 1260. The van der Waals surface area contributed by atoms with Crippen LogP contribution in [0.15, 0.2) is 64.4 Å². The average molecular weight is 485 g/mol. The highest BCUT2D eigenvalue weighted by atomic mass is 79.9. The van der Waals surface area contributed by atoms with Crippen molar-refractivity contribution < 1.29 is 9.18 Å². The molecule has 0 bridgehead atoms. The van der Waals surface area contributed by atoms with E-state index in [0.29, 0.717) is 9.50 Å². The standard InChI is InChI=1S/C22H18BrFN4OS/c1-13-3-4-15(9-14(13)2)19-11-20-22(25-7-8-28(20)27-19)30-12-21(29)26-18-6-5-16(23)10-17(18)24/h3-11H,12H2,1-2H3,(H,26,29). The second kappa shape index (κ2) is 8.57. The summed E-state index contributed by atoms with van der Waals surface area (Å²) in [6, 6.07) is 12.7. The van der Waals surface area contributed by atoms with E-state index in [1.807, 2.05) is 12.1 Å². The Hall–Kier alpha value is -2.71. The lowest BCUT2D eigenvalue weighted by atomic mass is 10.0. The van der Waals surface area contributed by atoms with Crippen LogP contribution in [0.1, 0.15) is 11.1 Å². The lowest BCUT2D eigenvalue weighted by molar-refractivity contribution is -0.113. The van der Waals surface area contributed by atoms with E-state index in [0.717, 1.165) is 16.8 Å². The van der Waals surface area contributed by atoms with Crippen LogP contribution in [-0.2, 0) is 4.79 Å². The predicted octanol–water partition coefficient (Wildman–Crippen LogP) is 5.65. The van der Waals surface area contributed by atoms with Crippen LogP contribution in [0.2, 0.25) is 0 Å². The number of aryl methyl sites for hydroxylation is 2. The van der Waals surface area contributed by atoms with Crippen LogP contribution in [0.3, 0.4) is 0 Å². The van der Waals surface area contributed by atoms with Crippen molar-refractivity contribution >= 4 is 44.8 Å². The summed E-state index contributed by atoms with van der Waals surface area (Å²) in [5.74, 6) is -0.692. The molecule has 0 fully saturated rings. The first kappa shape index (κ1) is 20.6. The number of hydrogen-bond donors (Lipinski definition) is 1. The Balaban J connectivity index is 1.52. The first-order valence-corrected chi connectivity index (χ1v) is 11.0. The fraction of sp³-hybridized carbons (Fsp3) is 0.136. The number of fused-ring (bicyclic) bond motifs is 1. The molecule has 0 unspecified atom stereocenters. The number of nitrogens with zero attached hydrogens (tertiary/aromatic N) is 3. The summed E-state index contributed by atoms with van der Waals surface area (Å²) >= 11 is 4.48. The maximum Gasteiger partial charge on any atom is 0.234 e. The molecule has 0 spiro atoms. The van der Waals surface area contributed by atoms with Crippen molar-refractivity contribution in [1.29, 1.82) is 0 Å². The average Bonchev–Trinajstić information content (AvgIpc) is 3.15. The van der Waals surface area contributed by atoms with Crippen LogP contribution >= 0.6 is 27.7 Å². The molecule has 0 aliphatic rings. The van der Waals surface area contributed by atoms with Crippen molar-refractivity contribution in [3.05, 3.63) is 76.3 Å². The van der Waals surface area contributed by atoms with Crippen molar-refractivity contribution in [1.82, 2.24) is 14.6 Å². The van der Waals surface area contributed by atoms with E-state index in [4.69, 9.17) is 0 Å². The molecule has 2 heterocycles. The summed E-state index contributed by atoms with van der Waals surface area (Å²) in [6.45, 7) is 4.15. The molecule has 0 aliphatic heterocycles. The number of benzene rings is 2. The number of aromatic nitrogens is 3. The van der Waals surface area contributed by atoms with E-state index >= 15 is 0 Å². The van der Waals surface area contributed by atoms with Gasteiger partial charge >= 0.3 is 0 Å². The monoisotopic (exact) mass is 484 g/mol. The minimum absolute atomic E-state index is 0.104. The lowest BCUT2D eigenvalue weighted by Crippen LogP contribution is -2.15. The molecular formula is C22H18BrFN4OS. The highest BCUT2D eigenvalue weighted by Gasteiger charge is 2.13. The van der Waals surface area contributed by atoms with E-state index in [2.05, 4.69) is 57.3 Å². The van der Waals surface area contributed by atoms with Gasteiger partial charge in [0.15, 0.2) is 0 Å². The highest BCUT2D eigenvalue weighted by molar-refractivity contribution is 9.10. The number of rotatable bonds is 5. The van der Waals surface area contributed by atoms with Crippen LogP contribution in [0.25, 0.3) is 16.8 Å². The topological polar surface area (TPSA) is 59.3 Å². The van der Waals surface area contributed by atoms with Crippen LogP contribution < -0.4 is 5.32 Å². The van der Waals surface area contributed by atoms with E-state index in [-0.39, 0.29) is 17.3 Å². The summed E-state index contributed by atoms with van der Waals surface area (Å²) in [5.41, 5.74) is 5.27. The number of anilines is 1. The minimum atomic E-state index is -0.489. The number of thioether (sulfide) groups is 1. The van der Waals surface area contributed by atoms with Gasteiger partial charge in [-0.3, -0.25) is 4.79 Å². The second-order valence-electron chi connectivity index (χ2n) is 6.85. The van der Waals surface area contributed by atoms with E-state index in [9.17, 15) is 9.18 Å². The molecule has 4 aromatic rings. The van der Waals surface area contributed by atoms with Gasteiger partial charge in [0.1, 0.15) is 10.8 Å². The van der Waals surface area contributed by atoms with Crippen molar-refractivity contribution in [2.24, 2.45) is 0 Å². The van der Waals surface area contributed by atoms with Crippen molar-refractivity contribution in [3.8, 4) is 11.3 Å². The first-order chi connectivity index (χ1) is 14.4. The molecule has 0 saturated carbocycles. The lowest BCUT2D eigenvalue weighted by Gasteiger charge is -2.07. The quantitative estimate of drug-likeness (QED) is 0.372. The van der Waals surface area contributed by atoms with E-state index in [1.165, 1.54) is 35.0 Å². The fourth-order valence-electron chi connectivity index (χ4n) is 2.96. The molecule has 30 heavy (non-hydrogen) atoms. The number of carbonyl (C=O) groups is 1. The normalized spacial score (nSPS) is 11.1. The van der Waals surface area contributed by atoms with Gasteiger partial charge in [-0.1, -0.05) is 39.8 Å². The summed E-state index contributed by atoms with van der Waals surface area (Å²) in [6.07, 6.45) is 3.43. The van der Waals surface area contributed by atoms with Gasteiger partial charge in [-0.15, -0.1) is 0 Å². The van der Waals surface area contributed by atoms with Crippen LogP contribution in [0.5, 0.6) is 0 Å². The van der Waals surface area contributed by atoms with Crippen LogP contribution in [0.4, 0.5) is 10.1 Å². The third-order valence-electron chi connectivity index (χ3n) is 4.70. The number of hydrogen-bond acceptors (Lipinski definition) is 4. The molecule has 5 nitrogen and oxygen atoms in total. The molecular weight excluding hydrogens is 467 g/mol. The number of amides is 1. The maximum atomic E-state index is 13.9. The van der Waals surface area contributed by atoms with Gasteiger partial charge in [0.25, 0.3) is 0 Å². The molecule has 0 radical (unpaired) electrons. The largest absolute Gasteiger partial charge is 0.323 e. The van der Waals surface area contributed by atoms with E-state index in [1.54, 1.807) is 23.0 Å². The smallest absolute Gasteiger partial charge is 0.234 e. The third-order valence-corrected chi connectivity index (χ3v) is 6.19. The summed E-state index contributed by atoms with van der Waals surface area (Å²) in [5, 5.41) is 7.92. The Kier molecular flexibility index (Phi) is 5.87. The molecule has 2 aromatic heterocycles. The van der Waals surface area contributed by atoms with Crippen molar-refractivity contribution in [2.75, 3.05) is 11.1 Å². The fourth-order valence-corrected chi connectivity index (χ4v) is 4.07. The summed E-state index contributed by atoms with van der Waals surface area (Å²) in [7, 11) is 0. The Morgan fingerprint density at radius 2 is 2.00 bits per heavy atom. The SMILES string of the molecule is Cc1ccc(-c2cc3c(SCC(=O)Nc4ccc(Br)cc4F)nccn3n2)cc1C. The summed E-state index contributed by atoms with van der Waals surface area (Å²) < 4.78 is 16.3. The van der Waals surface area contributed by atoms with Gasteiger partial charge in [-0.25, -0.2) is 13.9 Å². The molecule has 4 rings (SSSR count). The van der Waals surface area contributed by atoms with Gasteiger partial charge in [0.2, 0.25) is 5.91 Å². The third kappa shape index (κ3) is 4.39. The Morgan fingerprint density at radius 1 is 1.17 bits per heavy atom. The van der Waals surface area contributed by atoms with Gasteiger partial charge in [0.05, 0.1) is 22.7 Å². The van der Waals surface area contributed by atoms with Crippen molar-refractivity contribution in [2.45, 2.75) is 18.9 Å². The zero-order valence-corrected chi connectivity index (χ0v) is 18.7.